The Kier molecular flexibility index (Phi) is 3.63. The summed E-state index contributed by atoms with van der Waals surface area (Å²) in [4.78, 5) is 14.1. The summed E-state index contributed by atoms with van der Waals surface area (Å²) in [5.41, 5.74) is 2.32. The number of benzene rings is 2. The molecular formula is C17H18N2O3. The van der Waals surface area contributed by atoms with Gasteiger partial charge in [-0.1, -0.05) is 18.2 Å². The number of para-hydroxylation sites is 1. The van der Waals surface area contributed by atoms with E-state index in [9.17, 15) is 9.90 Å². The van der Waals surface area contributed by atoms with Gasteiger partial charge in [0.2, 0.25) is 0 Å². The molecule has 114 valence electrons. The minimum absolute atomic E-state index is 0.0367. The minimum Gasteiger partial charge on any atom is -0.504 e. The molecule has 0 spiro atoms. The topological polar surface area (TPSA) is 61.8 Å². The fourth-order valence-corrected chi connectivity index (χ4v) is 2.63. The van der Waals surface area contributed by atoms with Crippen LogP contribution in [0.1, 0.15) is 29.0 Å². The monoisotopic (exact) mass is 298 g/mol. The van der Waals surface area contributed by atoms with Crippen molar-refractivity contribution in [3.63, 3.8) is 0 Å². The van der Waals surface area contributed by atoms with Gasteiger partial charge in [0.15, 0.2) is 11.5 Å². The molecule has 5 nitrogen and oxygen atoms in total. The number of amides is 1. The summed E-state index contributed by atoms with van der Waals surface area (Å²) in [7, 11) is 1.75. The van der Waals surface area contributed by atoms with Crippen molar-refractivity contribution in [2.24, 2.45) is 0 Å². The number of ether oxygens (including phenoxy) is 1. The summed E-state index contributed by atoms with van der Waals surface area (Å²) >= 11 is 0. The van der Waals surface area contributed by atoms with E-state index < -0.39 is 0 Å². The number of fused-ring (bicyclic) bond motifs is 1. The van der Waals surface area contributed by atoms with Crippen LogP contribution in [0.15, 0.2) is 42.5 Å². The van der Waals surface area contributed by atoms with E-state index in [1.807, 2.05) is 25.1 Å². The van der Waals surface area contributed by atoms with Crippen molar-refractivity contribution in [1.29, 1.82) is 0 Å². The molecule has 22 heavy (non-hydrogen) atoms. The number of aromatic hydroxyl groups is 1. The highest BCUT2D eigenvalue weighted by molar-refractivity contribution is 6.01. The van der Waals surface area contributed by atoms with Crippen LogP contribution in [0, 0.1) is 0 Å². The van der Waals surface area contributed by atoms with E-state index in [2.05, 4.69) is 5.32 Å². The molecule has 0 radical (unpaired) electrons. The first kappa shape index (κ1) is 14.3. The van der Waals surface area contributed by atoms with Gasteiger partial charge in [0.05, 0.1) is 12.2 Å². The number of rotatable bonds is 3. The standard InChI is InChI=1S/C17H18N2O3/c1-3-22-15-10-11(8-9-14(15)20)16-18-13-7-5-4-6-12(13)17(21)19(16)2/h4-10,16,18,20H,3H2,1-2H3. The fraction of sp³-hybridized carbons (Fsp3) is 0.235. The van der Waals surface area contributed by atoms with Gasteiger partial charge in [0.1, 0.15) is 6.17 Å². The second kappa shape index (κ2) is 5.60. The van der Waals surface area contributed by atoms with Crippen LogP contribution >= 0.6 is 0 Å². The van der Waals surface area contributed by atoms with Crippen LogP contribution in [0.25, 0.3) is 0 Å². The number of anilines is 1. The number of phenols is 1. The minimum atomic E-state index is -0.304. The third-order valence-electron chi connectivity index (χ3n) is 3.76. The van der Waals surface area contributed by atoms with E-state index in [1.165, 1.54) is 0 Å². The zero-order valence-electron chi connectivity index (χ0n) is 12.5. The first-order chi connectivity index (χ1) is 10.6. The summed E-state index contributed by atoms with van der Waals surface area (Å²) in [6.07, 6.45) is -0.304. The van der Waals surface area contributed by atoms with Crippen molar-refractivity contribution in [3.05, 3.63) is 53.6 Å². The van der Waals surface area contributed by atoms with Gasteiger partial charge >= 0.3 is 0 Å². The highest BCUT2D eigenvalue weighted by atomic mass is 16.5. The predicted molar refractivity (Wildman–Crippen MR) is 84.2 cm³/mol. The zero-order chi connectivity index (χ0) is 15.7. The molecule has 2 aromatic rings. The third kappa shape index (κ3) is 2.35. The number of phenolic OH excluding ortho intramolecular Hbond substituents is 1. The SMILES string of the molecule is CCOc1cc(C2Nc3ccccc3C(=O)N2C)ccc1O. The first-order valence-corrected chi connectivity index (χ1v) is 7.20. The van der Waals surface area contributed by atoms with Crippen LogP contribution in [0.2, 0.25) is 0 Å². The Morgan fingerprint density at radius 2 is 2.05 bits per heavy atom. The number of nitrogens with one attached hydrogen (secondary N) is 1. The summed E-state index contributed by atoms with van der Waals surface area (Å²) in [5, 5.41) is 13.2. The molecule has 1 aliphatic rings. The molecule has 5 heteroatoms. The summed E-state index contributed by atoms with van der Waals surface area (Å²) in [6, 6.07) is 12.6. The van der Waals surface area contributed by atoms with Crippen molar-refractivity contribution < 1.29 is 14.6 Å². The zero-order valence-corrected chi connectivity index (χ0v) is 12.5. The number of hydrogen-bond acceptors (Lipinski definition) is 4. The lowest BCUT2D eigenvalue weighted by atomic mass is 10.0. The normalized spacial score (nSPS) is 16.9. The Morgan fingerprint density at radius 1 is 1.27 bits per heavy atom. The van der Waals surface area contributed by atoms with Gasteiger partial charge in [-0.25, -0.2) is 0 Å². The number of carbonyl (C=O) groups is 1. The van der Waals surface area contributed by atoms with Crippen LogP contribution in [0.4, 0.5) is 5.69 Å². The fourth-order valence-electron chi connectivity index (χ4n) is 2.63. The van der Waals surface area contributed by atoms with Crippen molar-refractivity contribution in [2.45, 2.75) is 13.1 Å². The molecule has 2 N–H and O–H groups in total. The molecule has 3 rings (SSSR count). The molecule has 2 aromatic carbocycles. The number of nitrogens with zero attached hydrogens (tertiary/aromatic N) is 1. The third-order valence-corrected chi connectivity index (χ3v) is 3.76. The molecule has 1 unspecified atom stereocenters. The van der Waals surface area contributed by atoms with Gasteiger partial charge in [0, 0.05) is 12.7 Å². The van der Waals surface area contributed by atoms with Crippen LogP contribution in [-0.4, -0.2) is 29.6 Å². The van der Waals surface area contributed by atoms with Gasteiger partial charge in [0.25, 0.3) is 5.91 Å². The van der Waals surface area contributed by atoms with E-state index in [-0.39, 0.29) is 17.8 Å². The lowest BCUT2D eigenvalue weighted by Gasteiger charge is -2.35. The van der Waals surface area contributed by atoms with Crippen molar-refractivity contribution >= 4 is 11.6 Å². The molecule has 0 saturated heterocycles. The average Bonchev–Trinajstić information content (AvgIpc) is 2.53. The highest BCUT2D eigenvalue weighted by Crippen LogP contribution is 2.35. The Bertz CT molecular complexity index is 715. The van der Waals surface area contributed by atoms with Gasteiger partial charge < -0.3 is 20.1 Å². The number of hydrogen-bond donors (Lipinski definition) is 2. The highest BCUT2D eigenvalue weighted by Gasteiger charge is 2.30. The Balaban J connectivity index is 1.99. The van der Waals surface area contributed by atoms with E-state index in [0.29, 0.717) is 17.9 Å². The maximum Gasteiger partial charge on any atom is 0.257 e. The van der Waals surface area contributed by atoms with Crippen LogP contribution < -0.4 is 10.1 Å². The lowest BCUT2D eigenvalue weighted by Crippen LogP contribution is -2.40. The largest absolute Gasteiger partial charge is 0.504 e. The Morgan fingerprint density at radius 3 is 2.82 bits per heavy atom. The molecule has 1 amide bonds. The van der Waals surface area contributed by atoms with Gasteiger partial charge in [-0.3, -0.25) is 4.79 Å². The van der Waals surface area contributed by atoms with E-state index in [0.717, 1.165) is 11.3 Å². The van der Waals surface area contributed by atoms with Gasteiger partial charge in [-0.2, -0.15) is 0 Å². The average molecular weight is 298 g/mol. The lowest BCUT2D eigenvalue weighted by molar-refractivity contribution is 0.0735. The summed E-state index contributed by atoms with van der Waals surface area (Å²) < 4.78 is 5.42. The Hall–Kier alpha value is -2.69. The maximum absolute atomic E-state index is 12.5. The van der Waals surface area contributed by atoms with Crippen LogP contribution in [-0.2, 0) is 0 Å². The molecule has 0 saturated carbocycles. The predicted octanol–water partition coefficient (Wildman–Crippen LogP) is 2.99. The van der Waals surface area contributed by atoms with Crippen LogP contribution in [0.3, 0.4) is 0 Å². The summed E-state index contributed by atoms with van der Waals surface area (Å²) in [5.74, 6) is 0.475. The molecule has 1 heterocycles. The second-order valence-electron chi connectivity index (χ2n) is 5.17. The molecule has 0 fully saturated rings. The van der Waals surface area contributed by atoms with Crippen molar-refractivity contribution in [2.75, 3.05) is 19.0 Å². The van der Waals surface area contributed by atoms with Gasteiger partial charge in [-0.15, -0.1) is 0 Å². The quantitative estimate of drug-likeness (QED) is 0.914. The second-order valence-corrected chi connectivity index (χ2v) is 5.17. The maximum atomic E-state index is 12.5. The van der Waals surface area contributed by atoms with E-state index >= 15 is 0 Å². The van der Waals surface area contributed by atoms with E-state index in [4.69, 9.17) is 4.74 Å². The molecular weight excluding hydrogens is 280 g/mol. The van der Waals surface area contributed by atoms with Crippen LogP contribution in [0.5, 0.6) is 11.5 Å². The molecule has 0 aliphatic carbocycles. The Labute approximate surface area is 129 Å². The van der Waals surface area contributed by atoms with Crippen molar-refractivity contribution in [1.82, 2.24) is 4.90 Å². The molecule has 0 aromatic heterocycles. The number of carbonyl (C=O) groups excluding carboxylic acids is 1. The van der Waals surface area contributed by atoms with Gasteiger partial charge in [-0.05, 0) is 36.8 Å². The first-order valence-electron chi connectivity index (χ1n) is 7.20. The smallest absolute Gasteiger partial charge is 0.257 e. The molecule has 0 bridgehead atoms. The molecule has 1 atom stereocenters. The van der Waals surface area contributed by atoms with Crippen molar-refractivity contribution in [3.8, 4) is 11.5 Å². The summed E-state index contributed by atoms with van der Waals surface area (Å²) in [6.45, 7) is 2.32. The molecule has 1 aliphatic heterocycles. The van der Waals surface area contributed by atoms with E-state index in [1.54, 1.807) is 36.2 Å².